The average Bonchev–Trinajstić information content (AvgIpc) is 2.81. The number of halogens is 1. The third kappa shape index (κ3) is 5.78. The molecule has 0 spiro atoms. The van der Waals surface area contributed by atoms with E-state index in [2.05, 4.69) is 17.6 Å². The molecule has 2 aromatic rings. The Kier molecular flexibility index (Phi) is 8.09. The van der Waals surface area contributed by atoms with Crippen LogP contribution >= 0.6 is 0 Å². The maximum atomic E-state index is 13.8. The van der Waals surface area contributed by atoms with E-state index >= 15 is 0 Å². The van der Waals surface area contributed by atoms with Crippen LogP contribution < -0.4 is 15.4 Å². The molecule has 3 amide bonds. The van der Waals surface area contributed by atoms with Gasteiger partial charge in [-0.05, 0) is 67.6 Å². The lowest BCUT2D eigenvalue weighted by molar-refractivity contribution is -0.121. The van der Waals surface area contributed by atoms with Gasteiger partial charge < -0.3 is 20.3 Å². The fourth-order valence-corrected chi connectivity index (χ4v) is 4.02. The summed E-state index contributed by atoms with van der Waals surface area (Å²) in [5.74, 6) is 0.00959. The van der Waals surface area contributed by atoms with Crippen molar-refractivity contribution in [2.24, 2.45) is 5.92 Å². The minimum absolute atomic E-state index is 0.115. The van der Waals surface area contributed by atoms with Gasteiger partial charge in [-0.25, -0.2) is 9.18 Å². The lowest BCUT2D eigenvalue weighted by atomic mass is 9.88. The molecule has 1 saturated heterocycles. The second-order valence-corrected chi connectivity index (χ2v) is 8.25. The molecule has 1 aliphatic rings. The van der Waals surface area contributed by atoms with Crippen LogP contribution in [0.15, 0.2) is 42.5 Å². The molecule has 2 aromatic carbocycles. The van der Waals surface area contributed by atoms with Crippen LogP contribution in [-0.4, -0.2) is 37.0 Å². The summed E-state index contributed by atoms with van der Waals surface area (Å²) in [5.41, 5.74) is 2.13. The van der Waals surface area contributed by atoms with E-state index < -0.39 is 0 Å². The molecule has 32 heavy (non-hydrogen) atoms. The van der Waals surface area contributed by atoms with Crippen molar-refractivity contribution in [1.29, 1.82) is 0 Å². The number of carbonyl (C=O) groups is 2. The quantitative estimate of drug-likeness (QED) is 0.591. The first-order chi connectivity index (χ1) is 15.4. The maximum Gasteiger partial charge on any atom is 0.317 e. The first kappa shape index (κ1) is 23.6. The predicted octanol–water partition coefficient (Wildman–Crippen LogP) is 5.04. The number of amides is 3. The van der Waals surface area contributed by atoms with Crippen molar-refractivity contribution in [2.45, 2.75) is 45.6 Å². The Morgan fingerprint density at radius 1 is 1.16 bits per heavy atom. The van der Waals surface area contributed by atoms with Crippen LogP contribution in [0.2, 0.25) is 0 Å². The Morgan fingerprint density at radius 2 is 1.91 bits per heavy atom. The summed E-state index contributed by atoms with van der Waals surface area (Å²) in [6.45, 7) is 4.68. The lowest BCUT2D eigenvalue weighted by Gasteiger charge is -2.39. The number of aryl methyl sites for hydroxylation is 1. The summed E-state index contributed by atoms with van der Waals surface area (Å²) < 4.78 is 18.9. The van der Waals surface area contributed by atoms with Gasteiger partial charge in [-0.3, -0.25) is 4.79 Å². The van der Waals surface area contributed by atoms with E-state index in [4.69, 9.17) is 4.74 Å². The number of unbranched alkanes of at least 4 members (excludes halogenated alkanes) is 1. The number of anilines is 1. The van der Waals surface area contributed by atoms with Crippen LogP contribution in [0.25, 0.3) is 0 Å². The summed E-state index contributed by atoms with van der Waals surface area (Å²) in [6.07, 6.45) is 3.14. The van der Waals surface area contributed by atoms with Crippen LogP contribution in [0, 0.1) is 18.7 Å². The van der Waals surface area contributed by atoms with Gasteiger partial charge in [0.2, 0.25) is 5.91 Å². The summed E-state index contributed by atoms with van der Waals surface area (Å²) >= 11 is 0. The van der Waals surface area contributed by atoms with Gasteiger partial charge in [0.15, 0.2) is 0 Å². The number of likely N-dealkylation sites (tertiary alicyclic amines) is 1. The van der Waals surface area contributed by atoms with Gasteiger partial charge in [0.25, 0.3) is 0 Å². The number of benzene rings is 2. The maximum absolute atomic E-state index is 13.8. The second-order valence-electron chi connectivity index (χ2n) is 8.25. The molecule has 3 rings (SSSR count). The van der Waals surface area contributed by atoms with E-state index in [1.165, 1.54) is 6.07 Å². The van der Waals surface area contributed by atoms with E-state index in [0.29, 0.717) is 42.9 Å². The van der Waals surface area contributed by atoms with Crippen molar-refractivity contribution >= 4 is 17.6 Å². The number of nitrogens with one attached hydrogen (secondary N) is 2. The Hall–Kier alpha value is -3.09. The standard InChI is InChI=1S/C25H32FN3O3/c1-4-5-14-27-25(31)29-16-19(24(30)28-20-8-10-21(32-3)11-9-20)7-13-23(29)18-6-12-22(26)17(2)15-18/h6,8-12,15,19,23H,4-5,7,13-14,16H2,1-3H3,(H,27,31)(H,28,30)/t19-,23+/m0/s1. The van der Waals surface area contributed by atoms with Crippen molar-refractivity contribution in [1.82, 2.24) is 10.2 Å². The molecule has 2 N–H and O–H groups in total. The van der Waals surface area contributed by atoms with Crippen molar-refractivity contribution in [3.63, 3.8) is 0 Å². The number of nitrogens with zero attached hydrogens (tertiary/aromatic N) is 1. The van der Waals surface area contributed by atoms with E-state index in [0.717, 1.165) is 18.4 Å². The van der Waals surface area contributed by atoms with Crippen molar-refractivity contribution < 1.29 is 18.7 Å². The van der Waals surface area contributed by atoms with E-state index in [9.17, 15) is 14.0 Å². The van der Waals surface area contributed by atoms with Gasteiger partial charge in [-0.15, -0.1) is 0 Å². The SMILES string of the molecule is CCCCNC(=O)N1C[C@@H](C(=O)Nc2ccc(OC)cc2)CC[C@@H]1c1ccc(F)c(C)c1. The lowest BCUT2D eigenvalue weighted by Crippen LogP contribution is -2.49. The Balaban J connectivity index is 1.74. The molecule has 1 fully saturated rings. The number of piperidine rings is 1. The average molecular weight is 442 g/mol. The van der Waals surface area contributed by atoms with Gasteiger partial charge in [0, 0.05) is 18.8 Å². The smallest absolute Gasteiger partial charge is 0.317 e. The van der Waals surface area contributed by atoms with Gasteiger partial charge in [-0.2, -0.15) is 0 Å². The highest BCUT2D eigenvalue weighted by Gasteiger charge is 2.35. The number of ether oxygens (including phenoxy) is 1. The Labute approximate surface area is 189 Å². The van der Waals surface area contributed by atoms with Crippen molar-refractivity contribution in [3.05, 3.63) is 59.4 Å². The molecule has 1 aliphatic heterocycles. The van der Waals surface area contributed by atoms with Crippen LogP contribution in [0.5, 0.6) is 5.75 Å². The third-order valence-electron chi connectivity index (χ3n) is 5.94. The highest BCUT2D eigenvalue weighted by atomic mass is 19.1. The molecule has 0 bridgehead atoms. The number of urea groups is 1. The molecule has 0 saturated carbocycles. The zero-order valence-corrected chi connectivity index (χ0v) is 19.0. The van der Waals surface area contributed by atoms with E-state index in [1.807, 2.05) is 0 Å². The first-order valence-electron chi connectivity index (χ1n) is 11.2. The van der Waals surface area contributed by atoms with Crippen LogP contribution in [-0.2, 0) is 4.79 Å². The fourth-order valence-electron chi connectivity index (χ4n) is 4.02. The summed E-state index contributed by atoms with van der Waals surface area (Å²) in [4.78, 5) is 27.7. The number of methoxy groups -OCH3 is 1. The minimum atomic E-state index is -0.327. The molecule has 0 unspecified atom stereocenters. The number of carbonyl (C=O) groups excluding carboxylic acids is 2. The van der Waals surface area contributed by atoms with Crippen LogP contribution in [0.1, 0.15) is 49.8 Å². The number of hydrogen-bond donors (Lipinski definition) is 2. The molecule has 7 heteroatoms. The first-order valence-corrected chi connectivity index (χ1v) is 11.2. The van der Waals surface area contributed by atoms with Crippen LogP contribution in [0.3, 0.4) is 0 Å². The highest BCUT2D eigenvalue weighted by molar-refractivity contribution is 5.93. The molecular formula is C25H32FN3O3. The van der Waals surface area contributed by atoms with Gasteiger partial charge in [-0.1, -0.05) is 25.5 Å². The summed E-state index contributed by atoms with van der Waals surface area (Å²) in [6, 6.07) is 11.8. The molecule has 6 nitrogen and oxygen atoms in total. The van der Waals surface area contributed by atoms with Crippen molar-refractivity contribution in [2.75, 3.05) is 25.5 Å². The molecular weight excluding hydrogens is 409 g/mol. The minimum Gasteiger partial charge on any atom is -0.497 e. The molecule has 0 radical (unpaired) electrons. The normalized spacial score (nSPS) is 18.2. The van der Waals surface area contributed by atoms with Crippen molar-refractivity contribution in [3.8, 4) is 5.75 Å². The predicted molar refractivity (Wildman–Crippen MR) is 123 cm³/mol. The monoisotopic (exact) mass is 441 g/mol. The summed E-state index contributed by atoms with van der Waals surface area (Å²) in [5, 5.41) is 5.91. The largest absolute Gasteiger partial charge is 0.497 e. The third-order valence-corrected chi connectivity index (χ3v) is 5.94. The molecule has 0 aliphatic carbocycles. The number of rotatable bonds is 7. The van der Waals surface area contributed by atoms with E-state index in [-0.39, 0.29) is 29.7 Å². The van der Waals surface area contributed by atoms with E-state index in [1.54, 1.807) is 55.3 Å². The summed E-state index contributed by atoms with van der Waals surface area (Å²) in [7, 11) is 1.59. The zero-order chi connectivity index (χ0) is 23.1. The molecule has 1 heterocycles. The zero-order valence-electron chi connectivity index (χ0n) is 19.0. The number of hydrogen-bond acceptors (Lipinski definition) is 3. The van der Waals surface area contributed by atoms with Gasteiger partial charge in [0.1, 0.15) is 11.6 Å². The highest BCUT2D eigenvalue weighted by Crippen LogP contribution is 2.34. The molecule has 2 atom stereocenters. The fraction of sp³-hybridized carbons (Fsp3) is 0.440. The molecule has 172 valence electrons. The topological polar surface area (TPSA) is 70.7 Å². The van der Waals surface area contributed by atoms with Gasteiger partial charge in [0.05, 0.1) is 19.1 Å². The molecule has 0 aromatic heterocycles. The van der Waals surface area contributed by atoms with Crippen LogP contribution in [0.4, 0.5) is 14.9 Å². The van der Waals surface area contributed by atoms with Gasteiger partial charge >= 0.3 is 6.03 Å². The Morgan fingerprint density at radius 3 is 2.56 bits per heavy atom. The second kappa shape index (κ2) is 11.0. The Bertz CT molecular complexity index is 933.